The molecule has 110 valence electrons. The molecule has 2 heterocycles. The second kappa shape index (κ2) is 5.84. The van der Waals surface area contributed by atoms with Crippen LogP contribution in [-0.4, -0.2) is 22.5 Å². The fraction of sp³-hybridized carbons (Fsp3) is 0.688. The van der Waals surface area contributed by atoms with Crippen LogP contribution in [0.2, 0.25) is 0 Å². The number of thioether (sulfide) groups is 1. The highest BCUT2D eigenvalue weighted by Crippen LogP contribution is 2.38. The van der Waals surface area contributed by atoms with Crippen LogP contribution in [0.15, 0.2) is 27.8 Å². The van der Waals surface area contributed by atoms with Gasteiger partial charge in [-0.3, -0.25) is 4.99 Å². The minimum absolute atomic E-state index is 0.271. The van der Waals surface area contributed by atoms with Gasteiger partial charge in [-0.1, -0.05) is 31.5 Å². The zero-order chi connectivity index (χ0) is 14.0. The summed E-state index contributed by atoms with van der Waals surface area (Å²) in [5, 5.41) is 4.87. The van der Waals surface area contributed by atoms with Gasteiger partial charge in [-0.15, -0.1) is 0 Å². The molecule has 0 amide bonds. The van der Waals surface area contributed by atoms with Crippen LogP contribution in [0.4, 0.5) is 0 Å². The van der Waals surface area contributed by atoms with E-state index < -0.39 is 0 Å². The number of hydrogen-bond donors (Lipinski definition) is 1. The number of nitrogens with zero attached hydrogens (tertiary/aromatic N) is 1. The maximum atomic E-state index is 5.40. The highest BCUT2D eigenvalue weighted by molar-refractivity contribution is 8.14. The Hall–Kier alpha value is -0.900. The van der Waals surface area contributed by atoms with E-state index in [9.17, 15) is 0 Å². The van der Waals surface area contributed by atoms with Gasteiger partial charge in [0, 0.05) is 17.7 Å². The van der Waals surface area contributed by atoms with E-state index in [1.165, 1.54) is 31.4 Å². The molecule has 3 rings (SSSR count). The molecule has 1 N–H and O–H groups in total. The number of nitrogens with one attached hydrogen (secondary N) is 1. The first-order valence-electron chi connectivity index (χ1n) is 7.66. The van der Waals surface area contributed by atoms with Gasteiger partial charge in [-0.2, -0.15) is 0 Å². The lowest BCUT2D eigenvalue weighted by Gasteiger charge is -2.36. The van der Waals surface area contributed by atoms with E-state index in [1.54, 1.807) is 6.26 Å². The van der Waals surface area contributed by atoms with Crippen LogP contribution in [0.1, 0.15) is 45.3 Å². The molecule has 0 bridgehead atoms. The van der Waals surface area contributed by atoms with Crippen LogP contribution in [0.3, 0.4) is 0 Å². The van der Waals surface area contributed by atoms with E-state index in [0.29, 0.717) is 5.54 Å². The summed E-state index contributed by atoms with van der Waals surface area (Å²) < 4.78 is 5.40. The molecule has 1 saturated carbocycles. The van der Waals surface area contributed by atoms with Gasteiger partial charge in [0.2, 0.25) is 0 Å². The average Bonchev–Trinajstić information content (AvgIpc) is 3.00. The van der Waals surface area contributed by atoms with Gasteiger partial charge in [0.25, 0.3) is 0 Å². The highest BCUT2D eigenvalue weighted by Gasteiger charge is 2.40. The second-order valence-corrected chi connectivity index (χ2v) is 7.43. The van der Waals surface area contributed by atoms with Crippen molar-refractivity contribution in [3.63, 3.8) is 0 Å². The molecular weight excluding hydrogens is 268 g/mol. The fourth-order valence-corrected chi connectivity index (χ4v) is 4.74. The molecule has 20 heavy (non-hydrogen) atoms. The second-order valence-electron chi connectivity index (χ2n) is 6.46. The number of hydrogen-bond acceptors (Lipinski definition) is 3. The summed E-state index contributed by atoms with van der Waals surface area (Å²) in [4.78, 5) is 4.83. The third kappa shape index (κ3) is 3.22. The van der Waals surface area contributed by atoms with Crippen molar-refractivity contribution < 1.29 is 4.42 Å². The lowest BCUT2D eigenvalue weighted by Crippen LogP contribution is -2.47. The molecular formula is C16H24N2OS. The van der Waals surface area contributed by atoms with Crippen molar-refractivity contribution in [3.05, 3.63) is 24.2 Å². The van der Waals surface area contributed by atoms with Crippen LogP contribution in [-0.2, 0) is 6.42 Å². The van der Waals surface area contributed by atoms with E-state index >= 15 is 0 Å². The van der Waals surface area contributed by atoms with Gasteiger partial charge in [-0.05, 0) is 37.8 Å². The summed E-state index contributed by atoms with van der Waals surface area (Å²) in [5.41, 5.74) is 0.325. The van der Waals surface area contributed by atoms with Gasteiger partial charge in [-0.25, -0.2) is 0 Å². The number of amidine groups is 1. The lowest BCUT2D eigenvalue weighted by atomic mass is 9.78. The van der Waals surface area contributed by atoms with E-state index in [2.05, 4.69) is 19.2 Å². The molecule has 2 fully saturated rings. The Balaban J connectivity index is 1.60. The minimum Gasteiger partial charge on any atom is -0.469 e. The molecule has 1 aromatic heterocycles. The summed E-state index contributed by atoms with van der Waals surface area (Å²) >= 11 is 1.90. The van der Waals surface area contributed by atoms with Gasteiger partial charge in [0.1, 0.15) is 5.76 Å². The number of aliphatic imine (C=N–C) groups is 1. The topological polar surface area (TPSA) is 37.5 Å². The van der Waals surface area contributed by atoms with Crippen molar-refractivity contribution in [1.29, 1.82) is 0 Å². The summed E-state index contributed by atoms with van der Waals surface area (Å²) in [6, 6.07) is 4.24. The molecule has 2 aliphatic rings. The molecule has 1 aliphatic heterocycles. The predicted molar refractivity (Wildman–Crippen MR) is 85.3 cm³/mol. The average molecular weight is 292 g/mol. The third-order valence-electron chi connectivity index (χ3n) is 4.36. The maximum absolute atomic E-state index is 5.40. The predicted octanol–water partition coefficient (Wildman–Crippen LogP) is 3.85. The van der Waals surface area contributed by atoms with Crippen LogP contribution in [0, 0.1) is 5.92 Å². The van der Waals surface area contributed by atoms with Crippen molar-refractivity contribution in [1.82, 2.24) is 5.32 Å². The largest absolute Gasteiger partial charge is 0.469 e. The Labute approximate surface area is 125 Å². The zero-order valence-corrected chi connectivity index (χ0v) is 13.2. The Morgan fingerprint density at radius 2 is 2.50 bits per heavy atom. The molecule has 0 aromatic carbocycles. The van der Waals surface area contributed by atoms with Crippen molar-refractivity contribution >= 4 is 16.9 Å². The van der Waals surface area contributed by atoms with Crippen LogP contribution in [0.25, 0.3) is 0 Å². The summed E-state index contributed by atoms with van der Waals surface area (Å²) in [6.07, 6.45) is 7.94. The quantitative estimate of drug-likeness (QED) is 0.919. The smallest absolute Gasteiger partial charge is 0.157 e. The van der Waals surface area contributed by atoms with Crippen molar-refractivity contribution in [2.75, 3.05) is 5.75 Å². The normalized spacial score (nSPS) is 33.5. The Morgan fingerprint density at radius 3 is 3.25 bits per heavy atom. The van der Waals surface area contributed by atoms with Crippen LogP contribution < -0.4 is 5.32 Å². The van der Waals surface area contributed by atoms with Crippen LogP contribution in [0.5, 0.6) is 0 Å². The molecule has 4 heteroatoms. The first-order chi connectivity index (χ1) is 9.65. The van der Waals surface area contributed by atoms with E-state index in [1.807, 2.05) is 23.9 Å². The lowest BCUT2D eigenvalue weighted by molar-refractivity contribution is 0.242. The van der Waals surface area contributed by atoms with E-state index in [0.717, 1.165) is 23.3 Å². The third-order valence-corrected chi connectivity index (χ3v) is 5.54. The van der Waals surface area contributed by atoms with Crippen molar-refractivity contribution in [2.24, 2.45) is 10.9 Å². The molecule has 1 spiro atoms. The molecule has 0 radical (unpaired) electrons. The molecule has 3 nitrogen and oxygen atoms in total. The van der Waals surface area contributed by atoms with E-state index in [-0.39, 0.29) is 6.04 Å². The SMILES string of the molecule is CC1CCCC2(CSC(=NC(C)Cc3ccco3)N2)C1. The van der Waals surface area contributed by atoms with Crippen molar-refractivity contribution in [3.8, 4) is 0 Å². The summed E-state index contributed by atoms with van der Waals surface area (Å²) in [7, 11) is 0. The Morgan fingerprint density at radius 1 is 1.60 bits per heavy atom. The molecule has 1 saturated heterocycles. The fourth-order valence-electron chi connectivity index (χ4n) is 3.45. The standard InChI is InChI=1S/C16H24N2OS/c1-12-5-3-7-16(10-12)11-20-15(18-16)17-13(2)9-14-6-4-8-19-14/h4,6,8,12-13H,3,5,7,9-11H2,1-2H3,(H,17,18). The molecule has 3 atom stereocenters. The summed E-state index contributed by atoms with van der Waals surface area (Å²) in [5.74, 6) is 3.05. The first-order valence-corrected chi connectivity index (χ1v) is 8.65. The Kier molecular flexibility index (Phi) is 4.11. The van der Waals surface area contributed by atoms with Gasteiger partial charge < -0.3 is 9.73 Å². The number of furan rings is 1. The van der Waals surface area contributed by atoms with E-state index in [4.69, 9.17) is 9.41 Å². The Bertz CT molecular complexity index is 471. The highest BCUT2D eigenvalue weighted by atomic mass is 32.2. The molecule has 1 aliphatic carbocycles. The van der Waals surface area contributed by atoms with Gasteiger partial charge in [0.15, 0.2) is 5.17 Å². The molecule has 1 aromatic rings. The minimum atomic E-state index is 0.271. The zero-order valence-electron chi connectivity index (χ0n) is 12.4. The molecule has 3 unspecified atom stereocenters. The summed E-state index contributed by atoms with van der Waals surface area (Å²) in [6.45, 7) is 4.54. The monoisotopic (exact) mass is 292 g/mol. The number of rotatable bonds is 3. The first kappa shape index (κ1) is 14.1. The van der Waals surface area contributed by atoms with Gasteiger partial charge >= 0.3 is 0 Å². The van der Waals surface area contributed by atoms with Gasteiger partial charge in [0.05, 0.1) is 12.3 Å². The maximum Gasteiger partial charge on any atom is 0.157 e. The van der Waals surface area contributed by atoms with Crippen LogP contribution >= 0.6 is 11.8 Å². The van der Waals surface area contributed by atoms with Crippen molar-refractivity contribution in [2.45, 2.75) is 57.5 Å².